The first-order chi connectivity index (χ1) is 13.3. The van der Waals surface area contributed by atoms with Crippen LogP contribution in [-0.4, -0.2) is 30.1 Å². The van der Waals surface area contributed by atoms with Crippen molar-refractivity contribution in [3.05, 3.63) is 71.9 Å². The number of aryl methyl sites for hydroxylation is 1. The number of imidazole rings is 1. The molecule has 0 bridgehead atoms. The second-order valence-electron chi connectivity index (χ2n) is 7.74. The number of pyridine rings is 2. The molecule has 1 N–H and O–H groups in total. The molecule has 0 aromatic carbocycles. The second kappa shape index (κ2) is 6.60. The summed E-state index contributed by atoms with van der Waals surface area (Å²) >= 11 is 0. The van der Waals surface area contributed by atoms with Crippen molar-refractivity contribution in [1.82, 2.24) is 24.1 Å². The maximum Gasteiger partial charge on any atom is 0.277 e. The second-order valence-corrected chi connectivity index (χ2v) is 7.74. The third kappa shape index (κ3) is 3.26. The molecular formula is C21H22N6O. The minimum absolute atomic E-state index is 0.167. The Kier molecular flexibility index (Phi) is 4.22. The highest BCUT2D eigenvalue weighted by molar-refractivity contribution is 6.03. The van der Waals surface area contributed by atoms with Gasteiger partial charge >= 0.3 is 0 Å². The van der Waals surface area contributed by atoms with Crippen molar-refractivity contribution in [2.75, 3.05) is 5.32 Å². The average Bonchev–Trinajstić information content (AvgIpc) is 3.27. The SMILES string of the molecule is Cc1cccc2nc(C(=O)Nc3cc(C(C)(C)C)nn3-c3ccccn3)cn12. The van der Waals surface area contributed by atoms with Gasteiger partial charge in [0, 0.05) is 29.6 Å². The normalized spacial score (nSPS) is 11.7. The highest BCUT2D eigenvalue weighted by Crippen LogP contribution is 2.26. The van der Waals surface area contributed by atoms with E-state index in [1.165, 1.54) is 0 Å². The van der Waals surface area contributed by atoms with Gasteiger partial charge in [0.1, 0.15) is 17.2 Å². The lowest BCUT2D eigenvalue weighted by molar-refractivity contribution is 0.102. The summed E-state index contributed by atoms with van der Waals surface area (Å²) in [6.07, 6.45) is 3.44. The molecule has 0 aliphatic rings. The maximum absolute atomic E-state index is 12.9. The van der Waals surface area contributed by atoms with E-state index in [1.807, 2.05) is 53.8 Å². The lowest BCUT2D eigenvalue weighted by Crippen LogP contribution is -2.16. The van der Waals surface area contributed by atoms with Gasteiger partial charge in [0.25, 0.3) is 5.91 Å². The van der Waals surface area contributed by atoms with Crippen molar-refractivity contribution in [2.24, 2.45) is 0 Å². The first kappa shape index (κ1) is 17.9. The van der Waals surface area contributed by atoms with Crippen molar-refractivity contribution >= 4 is 17.4 Å². The molecule has 0 radical (unpaired) electrons. The zero-order valence-electron chi connectivity index (χ0n) is 16.3. The van der Waals surface area contributed by atoms with Gasteiger partial charge in [-0.05, 0) is 31.2 Å². The summed E-state index contributed by atoms with van der Waals surface area (Å²) in [5.41, 5.74) is 2.79. The van der Waals surface area contributed by atoms with Gasteiger partial charge in [-0.2, -0.15) is 9.78 Å². The predicted molar refractivity (Wildman–Crippen MR) is 108 cm³/mol. The number of anilines is 1. The van der Waals surface area contributed by atoms with E-state index >= 15 is 0 Å². The van der Waals surface area contributed by atoms with E-state index in [1.54, 1.807) is 17.1 Å². The monoisotopic (exact) mass is 374 g/mol. The third-order valence-corrected chi connectivity index (χ3v) is 4.51. The van der Waals surface area contributed by atoms with Crippen LogP contribution in [-0.2, 0) is 5.41 Å². The van der Waals surface area contributed by atoms with E-state index in [2.05, 4.69) is 41.2 Å². The lowest BCUT2D eigenvalue weighted by atomic mass is 9.92. The van der Waals surface area contributed by atoms with Gasteiger partial charge in [-0.15, -0.1) is 0 Å². The summed E-state index contributed by atoms with van der Waals surface area (Å²) in [7, 11) is 0. The Morgan fingerprint density at radius 2 is 1.93 bits per heavy atom. The molecule has 0 saturated carbocycles. The molecule has 4 aromatic heterocycles. The van der Waals surface area contributed by atoms with Gasteiger partial charge in [0.2, 0.25) is 0 Å². The summed E-state index contributed by atoms with van der Waals surface area (Å²) in [6.45, 7) is 8.21. The largest absolute Gasteiger partial charge is 0.305 e. The molecule has 4 heterocycles. The predicted octanol–water partition coefficient (Wildman–Crippen LogP) is 3.77. The third-order valence-electron chi connectivity index (χ3n) is 4.51. The van der Waals surface area contributed by atoms with Gasteiger partial charge in [-0.25, -0.2) is 9.97 Å². The molecule has 7 nitrogen and oxygen atoms in total. The molecule has 28 heavy (non-hydrogen) atoms. The Hall–Kier alpha value is -3.48. The molecule has 0 fully saturated rings. The number of nitrogens with one attached hydrogen (secondary N) is 1. The molecule has 0 saturated heterocycles. The number of hydrogen-bond acceptors (Lipinski definition) is 4. The fourth-order valence-corrected chi connectivity index (χ4v) is 2.93. The fourth-order valence-electron chi connectivity index (χ4n) is 2.93. The maximum atomic E-state index is 12.9. The van der Waals surface area contributed by atoms with Crippen LogP contribution in [0, 0.1) is 6.92 Å². The molecule has 4 aromatic rings. The van der Waals surface area contributed by atoms with Crippen LogP contribution in [0.15, 0.2) is 54.9 Å². The number of nitrogens with zero attached hydrogens (tertiary/aromatic N) is 5. The number of amides is 1. The van der Waals surface area contributed by atoms with E-state index < -0.39 is 0 Å². The van der Waals surface area contributed by atoms with E-state index in [-0.39, 0.29) is 11.3 Å². The van der Waals surface area contributed by atoms with E-state index in [0.29, 0.717) is 17.3 Å². The van der Waals surface area contributed by atoms with Gasteiger partial charge in [-0.3, -0.25) is 4.79 Å². The zero-order chi connectivity index (χ0) is 19.9. The Balaban J connectivity index is 1.72. The number of fused-ring (bicyclic) bond motifs is 1. The number of hydrogen-bond donors (Lipinski definition) is 1. The van der Waals surface area contributed by atoms with Crippen molar-refractivity contribution in [3.63, 3.8) is 0 Å². The highest BCUT2D eigenvalue weighted by Gasteiger charge is 2.22. The first-order valence-electron chi connectivity index (χ1n) is 9.11. The summed E-state index contributed by atoms with van der Waals surface area (Å²) in [5, 5.41) is 7.61. The van der Waals surface area contributed by atoms with Crippen LogP contribution in [0.5, 0.6) is 0 Å². The smallest absolute Gasteiger partial charge is 0.277 e. The number of aromatic nitrogens is 5. The van der Waals surface area contributed by atoms with E-state index in [0.717, 1.165) is 17.0 Å². The molecule has 0 unspecified atom stereocenters. The Morgan fingerprint density at radius 1 is 1.11 bits per heavy atom. The molecule has 0 spiro atoms. The molecule has 1 amide bonds. The number of carbonyl (C=O) groups excluding carboxylic acids is 1. The molecule has 0 aliphatic carbocycles. The molecule has 0 aliphatic heterocycles. The van der Waals surface area contributed by atoms with Crippen molar-refractivity contribution in [1.29, 1.82) is 0 Å². The molecule has 7 heteroatoms. The summed E-state index contributed by atoms with van der Waals surface area (Å²) in [6, 6.07) is 13.2. The van der Waals surface area contributed by atoms with E-state index in [4.69, 9.17) is 0 Å². The zero-order valence-corrected chi connectivity index (χ0v) is 16.3. The van der Waals surface area contributed by atoms with Gasteiger partial charge in [0.15, 0.2) is 5.82 Å². The summed E-state index contributed by atoms with van der Waals surface area (Å²) < 4.78 is 3.55. The summed E-state index contributed by atoms with van der Waals surface area (Å²) in [4.78, 5) is 21.7. The van der Waals surface area contributed by atoms with E-state index in [9.17, 15) is 4.79 Å². The van der Waals surface area contributed by atoms with Crippen molar-refractivity contribution < 1.29 is 4.79 Å². The Bertz CT molecular complexity index is 1150. The van der Waals surface area contributed by atoms with Gasteiger partial charge < -0.3 is 9.72 Å². The van der Waals surface area contributed by atoms with Gasteiger partial charge in [0.05, 0.1) is 5.69 Å². The Labute approximate surface area is 163 Å². The van der Waals surface area contributed by atoms with Crippen LogP contribution in [0.3, 0.4) is 0 Å². The highest BCUT2D eigenvalue weighted by atomic mass is 16.2. The topological polar surface area (TPSA) is 77.1 Å². The summed E-state index contributed by atoms with van der Waals surface area (Å²) in [5.74, 6) is 0.905. The van der Waals surface area contributed by atoms with Crippen molar-refractivity contribution in [3.8, 4) is 5.82 Å². The first-order valence-corrected chi connectivity index (χ1v) is 9.11. The van der Waals surface area contributed by atoms with Crippen LogP contribution in [0.25, 0.3) is 11.5 Å². The fraction of sp³-hybridized carbons (Fsp3) is 0.238. The molecule has 4 rings (SSSR count). The minimum atomic E-state index is -0.291. The Morgan fingerprint density at radius 3 is 2.61 bits per heavy atom. The van der Waals surface area contributed by atoms with Crippen LogP contribution in [0.4, 0.5) is 5.82 Å². The lowest BCUT2D eigenvalue weighted by Gasteiger charge is -2.13. The van der Waals surface area contributed by atoms with Crippen LogP contribution in [0.1, 0.15) is 42.6 Å². The minimum Gasteiger partial charge on any atom is -0.305 e. The number of rotatable bonds is 3. The van der Waals surface area contributed by atoms with Crippen LogP contribution in [0.2, 0.25) is 0 Å². The molecular weight excluding hydrogens is 352 g/mol. The number of carbonyl (C=O) groups is 1. The van der Waals surface area contributed by atoms with Crippen molar-refractivity contribution in [2.45, 2.75) is 33.1 Å². The quantitative estimate of drug-likeness (QED) is 0.592. The van der Waals surface area contributed by atoms with Crippen LogP contribution < -0.4 is 5.32 Å². The van der Waals surface area contributed by atoms with Crippen LogP contribution >= 0.6 is 0 Å². The van der Waals surface area contributed by atoms with Gasteiger partial charge in [-0.1, -0.05) is 32.9 Å². The molecule has 142 valence electrons. The molecule has 0 atom stereocenters. The standard InChI is InChI=1S/C21H22N6O/c1-14-8-7-10-18-23-15(13-26(14)18)20(28)24-19-12-16(21(2,3)4)25-27(19)17-9-5-6-11-22-17/h5-13H,1-4H3,(H,24,28). The average molecular weight is 374 g/mol.